The Hall–Kier alpha value is 0.01000. The quantitative estimate of drug-likeness (QED) is 0.485. The molecule has 3 nitrogen and oxygen atoms in total. The zero-order chi connectivity index (χ0) is 9.35. The van der Waals surface area contributed by atoms with Crippen molar-refractivity contribution in [3.63, 3.8) is 0 Å². The van der Waals surface area contributed by atoms with Crippen LogP contribution in [0.15, 0.2) is 0 Å². The summed E-state index contributed by atoms with van der Waals surface area (Å²) in [6.07, 6.45) is 0. The van der Waals surface area contributed by atoms with Crippen LogP contribution in [0.1, 0.15) is 13.8 Å². The third-order valence-corrected chi connectivity index (χ3v) is 2.36. The lowest BCUT2D eigenvalue weighted by atomic mass is 10.1. The van der Waals surface area contributed by atoms with Gasteiger partial charge in [0.25, 0.3) is 0 Å². The first kappa shape index (κ1) is 10.1. The predicted octanol–water partition coefficient (Wildman–Crippen LogP) is 1.39. The Bertz CT molecular complexity index is 196. The highest BCUT2D eigenvalue weighted by Gasteiger charge is 2.42. The number of alkyl halides is 2. The lowest BCUT2D eigenvalue weighted by Crippen LogP contribution is -2.47. The fourth-order valence-corrected chi connectivity index (χ4v) is 1.77. The highest BCUT2D eigenvalue weighted by atomic mass is 35.5. The number of carbonyl (C=O) groups is 1. The molecule has 1 unspecified atom stereocenters. The fraction of sp³-hybridized carbons (Fsp3) is 0.857. The SMILES string of the molecule is CC1(C)COC(Cl)N1C(=O)CCl. The molecular formula is C7H11Cl2NO2. The zero-order valence-corrected chi connectivity index (χ0v) is 8.52. The van der Waals surface area contributed by atoms with Gasteiger partial charge in [0.1, 0.15) is 5.88 Å². The molecular weight excluding hydrogens is 201 g/mol. The first-order valence-electron chi connectivity index (χ1n) is 3.63. The summed E-state index contributed by atoms with van der Waals surface area (Å²) in [5.41, 5.74) is -1.02. The normalized spacial score (nSPS) is 27.7. The van der Waals surface area contributed by atoms with Gasteiger partial charge >= 0.3 is 0 Å². The molecule has 0 aromatic heterocycles. The van der Waals surface area contributed by atoms with E-state index in [2.05, 4.69) is 0 Å². The molecule has 5 heteroatoms. The molecule has 70 valence electrons. The van der Waals surface area contributed by atoms with Crippen LogP contribution in [0.2, 0.25) is 0 Å². The van der Waals surface area contributed by atoms with E-state index in [4.69, 9.17) is 27.9 Å². The molecule has 0 saturated carbocycles. The summed E-state index contributed by atoms with van der Waals surface area (Å²) >= 11 is 11.2. The summed E-state index contributed by atoms with van der Waals surface area (Å²) in [5, 5.41) is 0. The smallest absolute Gasteiger partial charge is 0.241 e. The number of amides is 1. The number of hydrogen-bond donors (Lipinski definition) is 0. The van der Waals surface area contributed by atoms with Crippen molar-refractivity contribution in [2.45, 2.75) is 25.1 Å². The standard InChI is InChI=1S/C7H11Cl2NO2/c1-7(2)4-12-6(9)10(7)5(11)3-8/h6H,3-4H2,1-2H3. The van der Waals surface area contributed by atoms with Gasteiger partial charge < -0.3 is 4.74 Å². The van der Waals surface area contributed by atoms with Crippen molar-refractivity contribution in [2.24, 2.45) is 0 Å². The van der Waals surface area contributed by atoms with Crippen LogP contribution in [0.5, 0.6) is 0 Å². The van der Waals surface area contributed by atoms with Crippen LogP contribution in [0, 0.1) is 0 Å². The molecule has 0 aromatic rings. The van der Waals surface area contributed by atoms with Crippen LogP contribution in [-0.4, -0.2) is 34.5 Å². The van der Waals surface area contributed by atoms with E-state index in [1.807, 2.05) is 13.8 Å². The third kappa shape index (κ3) is 1.68. The Morgan fingerprint density at radius 1 is 1.75 bits per heavy atom. The summed E-state index contributed by atoms with van der Waals surface area (Å²) < 4.78 is 5.12. The summed E-state index contributed by atoms with van der Waals surface area (Å²) in [4.78, 5) is 12.7. The first-order valence-corrected chi connectivity index (χ1v) is 4.60. The van der Waals surface area contributed by atoms with E-state index in [-0.39, 0.29) is 17.3 Å². The number of halogens is 2. The molecule has 0 aromatic carbocycles. The largest absolute Gasteiger partial charge is 0.342 e. The van der Waals surface area contributed by atoms with Gasteiger partial charge in [0.2, 0.25) is 11.6 Å². The molecule has 1 heterocycles. The second-order valence-corrected chi connectivity index (χ2v) is 3.95. The van der Waals surface area contributed by atoms with Crippen LogP contribution < -0.4 is 0 Å². The molecule has 12 heavy (non-hydrogen) atoms. The number of hydrogen-bond acceptors (Lipinski definition) is 2. The van der Waals surface area contributed by atoms with Crippen LogP contribution in [0.3, 0.4) is 0 Å². The molecule has 0 N–H and O–H groups in total. The molecule has 1 aliphatic heterocycles. The number of nitrogens with zero attached hydrogens (tertiary/aromatic N) is 1. The van der Waals surface area contributed by atoms with Crippen molar-refractivity contribution in [1.29, 1.82) is 0 Å². The Kier molecular flexibility index (Phi) is 2.86. The van der Waals surface area contributed by atoms with Crippen LogP contribution in [0.4, 0.5) is 0 Å². The lowest BCUT2D eigenvalue weighted by molar-refractivity contribution is -0.133. The lowest BCUT2D eigenvalue weighted by Gasteiger charge is -2.30. The minimum atomic E-state index is -0.675. The molecule has 1 fully saturated rings. The highest BCUT2D eigenvalue weighted by molar-refractivity contribution is 6.28. The van der Waals surface area contributed by atoms with E-state index >= 15 is 0 Å². The maximum absolute atomic E-state index is 11.3. The van der Waals surface area contributed by atoms with E-state index in [0.29, 0.717) is 6.61 Å². The van der Waals surface area contributed by atoms with Crippen molar-refractivity contribution in [3.8, 4) is 0 Å². The summed E-state index contributed by atoms with van der Waals surface area (Å²) in [7, 11) is 0. The second kappa shape index (κ2) is 3.40. The number of carbonyl (C=O) groups excluding carboxylic acids is 1. The van der Waals surface area contributed by atoms with E-state index in [1.165, 1.54) is 4.90 Å². The number of ether oxygens (including phenoxy) is 1. The number of rotatable bonds is 1. The second-order valence-electron chi connectivity index (χ2n) is 3.31. The van der Waals surface area contributed by atoms with Gasteiger partial charge in [-0.05, 0) is 13.8 Å². The molecule has 1 amide bonds. The predicted molar refractivity (Wildman–Crippen MR) is 47.2 cm³/mol. The molecule has 1 rings (SSSR count). The van der Waals surface area contributed by atoms with Crippen molar-refractivity contribution >= 4 is 29.1 Å². The summed E-state index contributed by atoms with van der Waals surface area (Å²) in [6, 6.07) is 0. The molecule has 0 spiro atoms. The highest BCUT2D eigenvalue weighted by Crippen LogP contribution is 2.28. The van der Waals surface area contributed by atoms with Crippen molar-refractivity contribution in [2.75, 3.05) is 12.5 Å². The van der Waals surface area contributed by atoms with E-state index < -0.39 is 5.69 Å². The molecule has 0 bridgehead atoms. The minimum Gasteiger partial charge on any atom is -0.342 e. The fourth-order valence-electron chi connectivity index (χ4n) is 1.21. The van der Waals surface area contributed by atoms with Crippen molar-refractivity contribution < 1.29 is 9.53 Å². The average Bonchev–Trinajstić information content (AvgIpc) is 2.25. The minimum absolute atomic E-state index is 0.0595. The van der Waals surface area contributed by atoms with Gasteiger partial charge in [-0.25, -0.2) is 0 Å². The van der Waals surface area contributed by atoms with Crippen LogP contribution in [0.25, 0.3) is 0 Å². The molecule has 1 saturated heterocycles. The van der Waals surface area contributed by atoms with Crippen molar-refractivity contribution in [1.82, 2.24) is 4.90 Å². The summed E-state index contributed by atoms with van der Waals surface area (Å²) in [5.74, 6) is -0.255. The Labute approximate surface area is 81.6 Å². The van der Waals surface area contributed by atoms with E-state index in [1.54, 1.807) is 0 Å². The monoisotopic (exact) mass is 211 g/mol. The van der Waals surface area contributed by atoms with Gasteiger partial charge in [-0.3, -0.25) is 9.69 Å². The summed E-state index contributed by atoms with van der Waals surface area (Å²) in [6.45, 7) is 4.23. The van der Waals surface area contributed by atoms with Gasteiger partial charge in [-0.2, -0.15) is 0 Å². The Morgan fingerprint density at radius 3 is 2.67 bits per heavy atom. The van der Waals surface area contributed by atoms with Gasteiger partial charge in [-0.1, -0.05) is 11.6 Å². The Balaban J connectivity index is 2.78. The molecule has 1 aliphatic rings. The Morgan fingerprint density at radius 2 is 2.33 bits per heavy atom. The maximum Gasteiger partial charge on any atom is 0.241 e. The van der Waals surface area contributed by atoms with Gasteiger partial charge in [0, 0.05) is 0 Å². The molecule has 0 radical (unpaired) electrons. The zero-order valence-electron chi connectivity index (χ0n) is 7.01. The van der Waals surface area contributed by atoms with Gasteiger partial charge in [0.15, 0.2) is 0 Å². The first-order chi connectivity index (χ1) is 5.49. The van der Waals surface area contributed by atoms with Crippen LogP contribution in [-0.2, 0) is 9.53 Å². The van der Waals surface area contributed by atoms with Crippen LogP contribution >= 0.6 is 23.2 Å². The molecule has 0 aliphatic carbocycles. The maximum atomic E-state index is 11.3. The molecule has 1 atom stereocenters. The van der Waals surface area contributed by atoms with E-state index in [9.17, 15) is 4.79 Å². The topological polar surface area (TPSA) is 29.5 Å². The van der Waals surface area contributed by atoms with Gasteiger partial charge in [-0.15, -0.1) is 11.6 Å². The third-order valence-electron chi connectivity index (χ3n) is 1.81. The average molecular weight is 212 g/mol. The van der Waals surface area contributed by atoms with Crippen molar-refractivity contribution in [3.05, 3.63) is 0 Å². The van der Waals surface area contributed by atoms with E-state index in [0.717, 1.165) is 0 Å². The van der Waals surface area contributed by atoms with Gasteiger partial charge in [0.05, 0.1) is 12.1 Å².